The molecule has 0 unspecified atom stereocenters. The molecule has 3 aromatic heterocycles. The van der Waals surface area contributed by atoms with Crippen LogP contribution in [-0.4, -0.2) is 19.2 Å². The van der Waals surface area contributed by atoms with Gasteiger partial charge < -0.3 is 4.42 Å². The molecule has 0 amide bonds. The number of benzene rings is 3. The Hall–Kier alpha value is -4.17. The lowest BCUT2D eigenvalue weighted by Gasteiger charge is -2.13. The van der Waals surface area contributed by atoms with Gasteiger partial charge in [0.1, 0.15) is 5.58 Å². The molecule has 178 valence electrons. The Balaban J connectivity index is 1.54. The van der Waals surface area contributed by atoms with Crippen LogP contribution in [0.1, 0.15) is 22.3 Å². The van der Waals surface area contributed by atoms with E-state index < -0.39 is 0 Å². The third kappa shape index (κ3) is 3.53. The number of hydrogen-bond acceptors (Lipinski definition) is 6. The first-order valence-electron chi connectivity index (χ1n) is 11.5. The van der Waals surface area contributed by atoms with Gasteiger partial charge >= 0.3 is 5.63 Å². The summed E-state index contributed by atoms with van der Waals surface area (Å²) in [5.74, 6) is 0.933. The van der Waals surface area contributed by atoms with Crippen molar-refractivity contribution in [3.8, 4) is 5.69 Å². The van der Waals surface area contributed by atoms with Gasteiger partial charge in [-0.25, -0.2) is 9.36 Å². The third-order valence-electron chi connectivity index (χ3n) is 6.55. The first kappa shape index (κ1) is 22.3. The molecule has 0 atom stereocenters. The average Bonchev–Trinajstić information content (AvgIpc) is 3.28. The highest BCUT2D eigenvalue weighted by Crippen LogP contribution is 2.29. The number of fused-ring (bicyclic) bond motifs is 4. The van der Waals surface area contributed by atoms with Gasteiger partial charge in [-0.05, 0) is 73.4 Å². The van der Waals surface area contributed by atoms with Crippen LogP contribution in [0.2, 0.25) is 0 Å². The first-order valence-corrected chi connectivity index (χ1v) is 12.5. The Morgan fingerprint density at radius 3 is 2.42 bits per heavy atom. The molecule has 6 aromatic rings. The molecule has 7 nitrogen and oxygen atoms in total. The second-order valence-corrected chi connectivity index (χ2v) is 9.82. The number of rotatable bonds is 4. The third-order valence-corrected chi connectivity index (χ3v) is 7.53. The summed E-state index contributed by atoms with van der Waals surface area (Å²) in [6.45, 7) is 6.01. The number of aromatic nitrogens is 4. The van der Waals surface area contributed by atoms with E-state index in [2.05, 4.69) is 16.3 Å². The molecule has 3 aromatic carbocycles. The normalized spacial score (nSPS) is 11.6. The molecule has 0 radical (unpaired) electrons. The summed E-state index contributed by atoms with van der Waals surface area (Å²) < 4.78 is 8.99. The van der Waals surface area contributed by atoms with E-state index in [-0.39, 0.29) is 11.2 Å². The Morgan fingerprint density at radius 1 is 0.833 bits per heavy atom. The maximum atomic E-state index is 13.6. The lowest BCUT2D eigenvalue weighted by molar-refractivity contribution is 0.559. The van der Waals surface area contributed by atoms with Crippen molar-refractivity contribution < 1.29 is 4.42 Å². The highest BCUT2D eigenvalue weighted by atomic mass is 32.2. The summed E-state index contributed by atoms with van der Waals surface area (Å²) in [4.78, 5) is 25.8. The van der Waals surface area contributed by atoms with Crippen molar-refractivity contribution in [3.63, 3.8) is 0 Å². The fraction of sp³-hybridized carbons (Fsp3) is 0.143. The lowest BCUT2D eigenvalue weighted by Crippen LogP contribution is -2.22. The van der Waals surface area contributed by atoms with Crippen LogP contribution in [0, 0.1) is 20.8 Å². The smallest absolute Gasteiger partial charge is 0.336 e. The Labute approximate surface area is 210 Å². The number of hydrogen-bond donors (Lipinski definition) is 0. The van der Waals surface area contributed by atoms with E-state index in [1.807, 2.05) is 79.8 Å². The molecule has 0 aliphatic rings. The van der Waals surface area contributed by atoms with Gasteiger partial charge in [-0.3, -0.25) is 9.20 Å². The van der Waals surface area contributed by atoms with Gasteiger partial charge in [0, 0.05) is 17.2 Å². The molecule has 0 N–H and O–H groups in total. The predicted molar refractivity (Wildman–Crippen MR) is 142 cm³/mol. The summed E-state index contributed by atoms with van der Waals surface area (Å²) in [5, 5.41) is 11.0. The van der Waals surface area contributed by atoms with Crippen molar-refractivity contribution in [2.45, 2.75) is 31.7 Å². The molecule has 8 heteroatoms. The topological polar surface area (TPSA) is 82.4 Å². The Kier molecular flexibility index (Phi) is 5.26. The maximum absolute atomic E-state index is 13.6. The number of para-hydroxylation sites is 2. The average molecular weight is 495 g/mol. The van der Waals surface area contributed by atoms with Gasteiger partial charge in [-0.1, -0.05) is 42.1 Å². The van der Waals surface area contributed by atoms with Crippen molar-refractivity contribution >= 4 is 39.4 Å². The largest absolute Gasteiger partial charge is 0.423 e. The maximum Gasteiger partial charge on any atom is 0.336 e. The second-order valence-electron chi connectivity index (χ2n) is 8.87. The van der Waals surface area contributed by atoms with Gasteiger partial charge in [-0.2, -0.15) is 0 Å². The molecule has 0 bridgehead atoms. The molecule has 3 heterocycles. The van der Waals surface area contributed by atoms with E-state index >= 15 is 0 Å². The SMILES string of the molecule is Cc1cc2oc(=O)cc(CSc3nnc4n(-c5ccccc5C)c(=O)c5ccccc5n34)c2cc1C. The highest BCUT2D eigenvalue weighted by Gasteiger charge is 2.19. The van der Waals surface area contributed by atoms with Crippen LogP contribution >= 0.6 is 11.8 Å². The van der Waals surface area contributed by atoms with E-state index in [0.717, 1.165) is 38.8 Å². The van der Waals surface area contributed by atoms with Gasteiger partial charge in [0.05, 0.1) is 16.6 Å². The monoisotopic (exact) mass is 494 g/mol. The number of aryl methyl sites for hydroxylation is 3. The van der Waals surface area contributed by atoms with E-state index in [1.54, 1.807) is 4.57 Å². The molecule has 0 aliphatic carbocycles. The standard InChI is InChI=1S/C28H22N4O3S/c1-16-8-4-6-10-22(16)31-26(34)20-9-5-7-11-23(20)32-27(31)29-30-28(32)36-15-19-14-25(33)35-24-13-18(3)17(2)12-21(19)24/h4-14H,15H2,1-3H3. The number of thioether (sulfide) groups is 1. The van der Waals surface area contributed by atoms with Gasteiger partial charge in [0.15, 0.2) is 5.16 Å². The minimum atomic E-state index is -0.383. The molecule has 0 saturated carbocycles. The van der Waals surface area contributed by atoms with Crippen LogP contribution in [0.25, 0.3) is 33.3 Å². The minimum Gasteiger partial charge on any atom is -0.423 e. The van der Waals surface area contributed by atoms with Crippen molar-refractivity contribution in [1.82, 2.24) is 19.2 Å². The zero-order chi connectivity index (χ0) is 25.0. The summed E-state index contributed by atoms with van der Waals surface area (Å²) in [5.41, 5.74) is 5.57. The summed E-state index contributed by atoms with van der Waals surface area (Å²) >= 11 is 1.47. The van der Waals surface area contributed by atoms with Crippen molar-refractivity contribution in [1.29, 1.82) is 0 Å². The fourth-order valence-electron chi connectivity index (χ4n) is 4.55. The molecule has 0 spiro atoms. The summed E-state index contributed by atoms with van der Waals surface area (Å²) in [6.07, 6.45) is 0. The van der Waals surface area contributed by atoms with Crippen LogP contribution in [0.5, 0.6) is 0 Å². The van der Waals surface area contributed by atoms with Crippen LogP contribution in [0.4, 0.5) is 0 Å². The molecule has 0 aliphatic heterocycles. The summed E-state index contributed by atoms with van der Waals surface area (Å²) in [6, 6.07) is 20.7. The zero-order valence-electron chi connectivity index (χ0n) is 20.0. The molecule has 0 fully saturated rings. The Morgan fingerprint density at radius 2 is 1.58 bits per heavy atom. The predicted octanol–water partition coefficient (Wildman–Crippen LogP) is 5.36. The molecular formula is C28H22N4O3S. The van der Waals surface area contributed by atoms with E-state index in [4.69, 9.17) is 4.42 Å². The first-order chi connectivity index (χ1) is 17.4. The molecular weight excluding hydrogens is 472 g/mol. The van der Waals surface area contributed by atoms with Crippen LogP contribution < -0.4 is 11.2 Å². The summed E-state index contributed by atoms with van der Waals surface area (Å²) in [7, 11) is 0. The van der Waals surface area contributed by atoms with E-state index in [9.17, 15) is 9.59 Å². The van der Waals surface area contributed by atoms with Gasteiger partial charge in [0.2, 0.25) is 5.78 Å². The van der Waals surface area contributed by atoms with E-state index in [1.165, 1.54) is 17.8 Å². The van der Waals surface area contributed by atoms with Crippen LogP contribution in [-0.2, 0) is 5.75 Å². The van der Waals surface area contributed by atoms with Crippen LogP contribution in [0.15, 0.2) is 85.9 Å². The fourth-order valence-corrected chi connectivity index (χ4v) is 5.48. The second kappa shape index (κ2) is 8.49. The van der Waals surface area contributed by atoms with Gasteiger partial charge in [-0.15, -0.1) is 10.2 Å². The van der Waals surface area contributed by atoms with Crippen molar-refractivity contribution in [3.05, 3.63) is 110 Å². The lowest BCUT2D eigenvalue weighted by atomic mass is 10.0. The quantitative estimate of drug-likeness (QED) is 0.242. The number of nitrogens with zero attached hydrogens (tertiary/aromatic N) is 4. The van der Waals surface area contributed by atoms with Crippen LogP contribution in [0.3, 0.4) is 0 Å². The Bertz CT molecular complexity index is 1930. The molecule has 6 rings (SSSR count). The molecule has 36 heavy (non-hydrogen) atoms. The van der Waals surface area contributed by atoms with Crippen molar-refractivity contribution in [2.24, 2.45) is 0 Å². The molecule has 0 saturated heterocycles. The van der Waals surface area contributed by atoms with Crippen molar-refractivity contribution in [2.75, 3.05) is 0 Å². The van der Waals surface area contributed by atoms with E-state index in [0.29, 0.717) is 27.7 Å². The van der Waals surface area contributed by atoms with Gasteiger partial charge in [0.25, 0.3) is 5.56 Å². The minimum absolute atomic E-state index is 0.145. The highest BCUT2D eigenvalue weighted by molar-refractivity contribution is 7.98. The zero-order valence-corrected chi connectivity index (χ0v) is 20.8.